The Hall–Kier alpha value is -1.73. The van der Waals surface area contributed by atoms with Crippen molar-refractivity contribution in [3.05, 3.63) is 24.3 Å². The molecule has 0 spiro atoms. The molecular formula is C19H32N6S. The van der Waals surface area contributed by atoms with Crippen LogP contribution in [0.25, 0.3) is 0 Å². The number of likely N-dealkylation sites (N-methyl/N-ethyl adjacent to an activating group) is 1. The number of amidine groups is 1. The first kappa shape index (κ1) is 20.6. The zero-order chi connectivity index (χ0) is 18.8. The van der Waals surface area contributed by atoms with Crippen molar-refractivity contribution in [1.82, 2.24) is 4.90 Å². The summed E-state index contributed by atoms with van der Waals surface area (Å²) in [5.74, 6) is 1.18. The smallest absolute Gasteiger partial charge is 0.222 e. The predicted octanol–water partition coefficient (Wildman–Crippen LogP) is 3.01. The molecule has 0 aromatic heterocycles. The molecule has 1 saturated heterocycles. The van der Waals surface area contributed by atoms with Gasteiger partial charge in [-0.3, -0.25) is 0 Å². The predicted molar refractivity (Wildman–Crippen MR) is 116 cm³/mol. The van der Waals surface area contributed by atoms with Crippen LogP contribution in [0.2, 0.25) is 0 Å². The minimum atomic E-state index is 0.205. The normalized spacial score (nSPS) is 16.9. The number of hydrogen-bond donors (Lipinski definition) is 2. The summed E-state index contributed by atoms with van der Waals surface area (Å²) in [6.07, 6.45) is 4.90. The van der Waals surface area contributed by atoms with Crippen molar-refractivity contribution < 1.29 is 0 Å². The molecule has 0 amide bonds. The lowest BCUT2D eigenvalue weighted by Gasteiger charge is -2.34. The van der Waals surface area contributed by atoms with Crippen LogP contribution in [0.15, 0.2) is 34.3 Å². The number of thioether (sulfide) groups is 1. The molecule has 0 bridgehead atoms. The summed E-state index contributed by atoms with van der Waals surface area (Å²) in [6, 6.07) is 8.13. The van der Waals surface area contributed by atoms with Gasteiger partial charge in [0.2, 0.25) is 5.96 Å². The molecule has 0 atom stereocenters. The summed E-state index contributed by atoms with van der Waals surface area (Å²) in [4.78, 5) is 13.3. The zero-order valence-electron chi connectivity index (χ0n) is 16.0. The second-order valence-corrected chi connectivity index (χ2v) is 7.75. The van der Waals surface area contributed by atoms with Crippen LogP contribution in [0.5, 0.6) is 0 Å². The molecule has 0 aliphatic carbocycles. The third-order valence-electron chi connectivity index (χ3n) is 4.43. The third-order valence-corrected chi connectivity index (χ3v) is 5.31. The highest BCUT2D eigenvalue weighted by Crippen LogP contribution is 2.21. The zero-order valence-corrected chi connectivity index (χ0v) is 16.8. The first-order valence-electron chi connectivity index (χ1n) is 9.43. The number of piperazine rings is 1. The van der Waals surface area contributed by atoms with Crippen molar-refractivity contribution >= 4 is 34.3 Å². The van der Waals surface area contributed by atoms with E-state index in [1.165, 1.54) is 24.9 Å². The number of guanidine groups is 1. The van der Waals surface area contributed by atoms with Crippen LogP contribution in [-0.2, 0) is 0 Å². The molecule has 4 N–H and O–H groups in total. The summed E-state index contributed by atoms with van der Waals surface area (Å²) in [5.41, 5.74) is 13.8. The largest absolute Gasteiger partial charge is 0.378 e. The number of nitrogens with zero attached hydrogens (tertiary/aromatic N) is 4. The molecule has 2 rings (SSSR count). The fourth-order valence-electron chi connectivity index (χ4n) is 2.81. The van der Waals surface area contributed by atoms with Gasteiger partial charge in [-0.1, -0.05) is 37.9 Å². The Morgan fingerprint density at radius 2 is 1.73 bits per heavy atom. The second-order valence-electron chi connectivity index (χ2n) is 6.64. The highest BCUT2D eigenvalue weighted by molar-refractivity contribution is 8.13. The Morgan fingerprint density at radius 1 is 1.04 bits per heavy atom. The summed E-state index contributed by atoms with van der Waals surface area (Å²) < 4.78 is 0. The van der Waals surface area contributed by atoms with Gasteiger partial charge in [0.25, 0.3) is 0 Å². The van der Waals surface area contributed by atoms with Gasteiger partial charge in [-0.15, -0.1) is 0 Å². The van der Waals surface area contributed by atoms with Crippen LogP contribution < -0.4 is 16.4 Å². The van der Waals surface area contributed by atoms with Gasteiger partial charge >= 0.3 is 0 Å². The van der Waals surface area contributed by atoms with Crippen LogP contribution in [0, 0.1) is 0 Å². The van der Waals surface area contributed by atoms with Crippen LogP contribution in [0.3, 0.4) is 0 Å². The molecule has 1 heterocycles. The van der Waals surface area contributed by atoms with Crippen molar-refractivity contribution in [2.45, 2.75) is 32.6 Å². The molecule has 0 radical (unpaired) electrons. The molecule has 1 fully saturated rings. The fourth-order valence-corrected chi connectivity index (χ4v) is 3.53. The van der Waals surface area contributed by atoms with Gasteiger partial charge in [0.1, 0.15) is 0 Å². The van der Waals surface area contributed by atoms with E-state index in [9.17, 15) is 0 Å². The van der Waals surface area contributed by atoms with Crippen molar-refractivity contribution in [2.24, 2.45) is 21.5 Å². The van der Waals surface area contributed by atoms with Gasteiger partial charge in [-0.2, -0.15) is 4.99 Å². The Kier molecular flexibility index (Phi) is 8.77. The van der Waals surface area contributed by atoms with Gasteiger partial charge < -0.3 is 21.3 Å². The van der Waals surface area contributed by atoms with E-state index in [1.54, 1.807) is 11.8 Å². The summed E-state index contributed by atoms with van der Waals surface area (Å²) >= 11 is 1.54. The fraction of sp³-hybridized carbons (Fsp3) is 0.579. The summed E-state index contributed by atoms with van der Waals surface area (Å²) in [7, 11) is 2.16. The SMILES string of the molecule is CCCCCCS/C(N)=N/C(N)=Nc1ccc(N2CCN(C)CC2)cc1. The van der Waals surface area contributed by atoms with Crippen LogP contribution in [0.4, 0.5) is 11.4 Å². The molecule has 1 aliphatic heterocycles. The lowest BCUT2D eigenvalue weighted by molar-refractivity contribution is 0.313. The van der Waals surface area contributed by atoms with Crippen molar-refractivity contribution in [3.63, 3.8) is 0 Å². The molecule has 1 aromatic rings. The highest BCUT2D eigenvalue weighted by atomic mass is 32.2. The monoisotopic (exact) mass is 376 g/mol. The number of nitrogens with two attached hydrogens (primary N) is 2. The van der Waals surface area contributed by atoms with Crippen molar-refractivity contribution in [1.29, 1.82) is 0 Å². The maximum absolute atomic E-state index is 5.92. The first-order chi connectivity index (χ1) is 12.6. The van der Waals surface area contributed by atoms with E-state index in [-0.39, 0.29) is 5.96 Å². The van der Waals surface area contributed by atoms with Gasteiger partial charge in [0, 0.05) is 37.6 Å². The van der Waals surface area contributed by atoms with E-state index in [4.69, 9.17) is 11.5 Å². The van der Waals surface area contributed by atoms with E-state index < -0.39 is 0 Å². The van der Waals surface area contributed by atoms with Crippen molar-refractivity contribution in [3.8, 4) is 0 Å². The Bertz CT molecular complexity index is 591. The van der Waals surface area contributed by atoms with Crippen LogP contribution in [0.1, 0.15) is 32.6 Å². The van der Waals surface area contributed by atoms with E-state index in [1.807, 2.05) is 12.1 Å². The number of aliphatic imine (C=N–C) groups is 2. The molecular weight excluding hydrogens is 344 g/mol. The second kappa shape index (κ2) is 11.1. The number of unbranched alkanes of at least 4 members (excludes halogenated alkanes) is 3. The standard InChI is InChI=1S/C19H32N6S/c1-3-4-5-6-15-26-19(21)23-18(20)22-16-7-9-17(10-8-16)25-13-11-24(2)12-14-25/h7-10H,3-6,11-15H2,1-2H3,(H4,20,21,22,23). The summed E-state index contributed by atoms with van der Waals surface area (Å²) in [6.45, 7) is 6.50. The van der Waals surface area contributed by atoms with Gasteiger partial charge in [-0.25, -0.2) is 4.99 Å². The number of rotatable bonds is 7. The van der Waals surface area contributed by atoms with Gasteiger partial charge in [-0.05, 0) is 37.7 Å². The number of hydrogen-bond acceptors (Lipinski definition) is 4. The molecule has 0 unspecified atom stereocenters. The molecule has 1 aromatic carbocycles. The maximum Gasteiger partial charge on any atom is 0.222 e. The molecule has 0 saturated carbocycles. The van der Waals surface area contributed by atoms with Crippen LogP contribution in [-0.4, -0.2) is 55.0 Å². The average molecular weight is 377 g/mol. The quantitative estimate of drug-likeness (QED) is 0.434. The first-order valence-corrected chi connectivity index (χ1v) is 10.4. The van der Waals surface area contributed by atoms with E-state index in [0.717, 1.165) is 44.0 Å². The molecule has 6 nitrogen and oxygen atoms in total. The lowest BCUT2D eigenvalue weighted by Crippen LogP contribution is -2.44. The van der Waals surface area contributed by atoms with E-state index in [0.29, 0.717) is 5.17 Å². The van der Waals surface area contributed by atoms with E-state index in [2.05, 4.69) is 45.9 Å². The Labute approximate surface area is 161 Å². The Balaban J connectivity index is 1.84. The number of benzene rings is 1. The van der Waals surface area contributed by atoms with Crippen molar-refractivity contribution in [2.75, 3.05) is 43.9 Å². The lowest BCUT2D eigenvalue weighted by atomic mass is 10.2. The Morgan fingerprint density at radius 3 is 2.38 bits per heavy atom. The minimum Gasteiger partial charge on any atom is -0.378 e. The van der Waals surface area contributed by atoms with E-state index >= 15 is 0 Å². The molecule has 26 heavy (non-hydrogen) atoms. The third kappa shape index (κ3) is 7.25. The molecule has 7 heteroatoms. The highest BCUT2D eigenvalue weighted by Gasteiger charge is 2.13. The molecule has 1 aliphatic rings. The van der Waals surface area contributed by atoms with Gasteiger partial charge in [0.05, 0.1) is 5.69 Å². The summed E-state index contributed by atoms with van der Waals surface area (Å²) in [5, 5.41) is 0.483. The van der Waals surface area contributed by atoms with Crippen LogP contribution >= 0.6 is 11.8 Å². The average Bonchev–Trinajstić information content (AvgIpc) is 2.63. The maximum atomic E-state index is 5.92. The van der Waals surface area contributed by atoms with Gasteiger partial charge in [0.15, 0.2) is 5.17 Å². The molecule has 144 valence electrons. The number of anilines is 1. The topological polar surface area (TPSA) is 83.2 Å². The minimum absolute atomic E-state index is 0.205.